The zero-order chi connectivity index (χ0) is 22.8. The summed E-state index contributed by atoms with van der Waals surface area (Å²) in [5, 5.41) is 4.49. The van der Waals surface area contributed by atoms with Gasteiger partial charge in [-0.3, -0.25) is 14.5 Å². The second-order valence-corrected chi connectivity index (χ2v) is 9.15. The van der Waals surface area contributed by atoms with Gasteiger partial charge in [0.25, 0.3) is 0 Å². The summed E-state index contributed by atoms with van der Waals surface area (Å²) in [4.78, 5) is 7.27. The highest BCUT2D eigenvalue weighted by atomic mass is 19.1. The molecule has 0 spiro atoms. The van der Waals surface area contributed by atoms with Crippen LogP contribution in [-0.4, -0.2) is 58.9 Å². The van der Waals surface area contributed by atoms with Crippen molar-refractivity contribution in [2.75, 3.05) is 44.2 Å². The molecule has 5 rings (SSSR count). The van der Waals surface area contributed by atoms with Crippen LogP contribution in [0, 0.1) is 12.7 Å². The molecule has 2 aromatic carbocycles. The Balaban J connectivity index is 1.21. The molecule has 6 nitrogen and oxygen atoms in total. The van der Waals surface area contributed by atoms with E-state index in [4.69, 9.17) is 4.74 Å². The molecule has 7 heteroatoms. The van der Waals surface area contributed by atoms with Crippen molar-refractivity contribution in [3.8, 4) is 5.75 Å². The molecular formula is C26H32FN5O. The molecule has 0 saturated carbocycles. The highest BCUT2D eigenvalue weighted by Gasteiger charge is 2.20. The number of halogens is 1. The summed E-state index contributed by atoms with van der Waals surface area (Å²) in [5.41, 5.74) is 6.05. The number of hydrogen-bond acceptors (Lipinski definition) is 5. The Labute approximate surface area is 195 Å². The number of aromatic nitrogens is 2. The average Bonchev–Trinajstić information content (AvgIpc) is 3.00. The van der Waals surface area contributed by atoms with Crippen LogP contribution >= 0.6 is 0 Å². The second-order valence-electron chi connectivity index (χ2n) is 9.15. The first-order chi connectivity index (χ1) is 16.0. The maximum Gasteiger partial charge on any atom is 0.123 e. The van der Waals surface area contributed by atoms with Crippen LogP contribution in [0.3, 0.4) is 0 Å². The molecule has 33 heavy (non-hydrogen) atoms. The van der Waals surface area contributed by atoms with Gasteiger partial charge in [0.05, 0.1) is 5.69 Å². The molecular weight excluding hydrogens is 417 g/mol. The van der Waals surface area contributed by atoms with Crippen molar-refractivity contribution in [2.24, 2.45) is 7.05 Å². The molecule has 0 aliphatic carbocycles. The van der Waals surface area contributed by atoms with Crippen LogP contribution in [0.1, 0.15) is 22.4 Å². The van der Waals surface area contributed by atoms with Crippen molar-refractivity contribution in [2.45, 2.75) is 26.6 Å². The standard InChI is InChI=1S/C26H32FN5O/c1-20-23(17-29(2)28-20)19-31-13-14-33-26-8-3-21(15-22(26)18-31)16-30-9-11-32(12-10-30)25-6-4-24(27)5-7-25/h3-8,15,17H,9-14,16,18-19H2,1-2H3. The normalized spacial score (nSPS) is 17.5. The smallest absolute Gasteiger partial charge is 0.123 e. The van der Waals surface area contributed by atoms with Gasteiger partial charge >= 0.3 is 0 Å². The Hall–Kier alpha value is -2.90. The van der Waals surface area contributed by atoms with Crippen molar-refractivity contribution in [3.63, 3.8) is 0 Å². The van der Waals surface area contributed by atoms with Gasteiger partial charge in [0.1, 0.15) is 18.2 Å². The molecule has 1 aromatic heterocycles. The quantitative estimate of drug-likeness (QED) is 0.595. The third-order valence-corrected chi connectivity index (χ3v) is 6.66. The number of piperazine rings is 1. The van der Waals surface area contributed by atoms with Crippen LogP contribution in [0.25, 0.3) is 0 Å². The molecule has 1 saturated heterocycles. The van der Waals surface area contributed by atoms with E-state index in [1.165, 1.54) is 16.7 Å². The zero-order valence-electron chi connectivity index (χ0n) is 19.5. The van der Waals surface area contributed by atoms with Crippen LogP contribution in [0.5, 0.6) is 5.75 Å². The van der Waals surface area contributed by atoms with E-state index in [1.807, 2.05) is 23.9 Å². The molecule has 174 valence electrons. The number of hydrogen-bond donors (Lipinski definition) is 0. The summed E-state index contributed by atoms with van der Waals surface area (Å²) >= 11 is 0. The molecule has 3 aromatic rings. The molecule has 2 aliphatic heterocycles. The molecule has 3 heterocycles. The fraction of sp³-hybridized carbons (Fsp3) is 0.423. The van der Waals surface area contributed by atoms with Gasteiger partial charge in [0.15, 0.2) is 0 Å². The lowest BCUT2D eigenvalue weighted by Gasteiger charge is -2.36. The molecule has 1 fully saturated rings. The number of ether oxygens (including phenoxy) is 1. The second kappa shape index (κ2) is 9.53. The minimum Gasteiger partial charge on any atom is -0.492 e. The van der Waals surface area contributed by atoms with Gasteiger partial charge in [-0.05, 0) is 48.9 Å². The molecule has 0 amide bonds. The predicted octanol–water partition coefficient (Wildman–Crippen LogP) is 3.58. The third-order valence-electron chi connectivity index (χ3n) is 6.66. The molecule has 0 N–H and O–H groups in total. The Morgan fingerprint density at radius 1 is 0.939 bits per heavy atom. The monoisotopic (exact) mass is 449 g/mol. The Morgan fingerprint density at radius 3 is 2.45 bits per heavy atom. The van der Waals surface area contributed by atoms with Gasteiger partial charge in [-0.1, -0.05) is 6.07 Å². The van der Waals surface area contributed by atoms with E-state index < -0.39 is 0 Å². The minimum atomic E-state index is -0.182. The fourth-order valence-corrected chi connectivity index (χ4v) is 4.85. The zero-order valence-corrected chi connectivity index (χ0v) is 19.5. The highest BCUT2D eigenvalue weighted by Crippen LogP contribution is 2.26. The van der Waals surface area contributed by atoms with E-state index >= 15 is 0 Å². The lowest BCUT2D eigenvalue weighted by atomic mass is 10.1. The number of benzene rings is 2. The van der Waals surface area contributed by atoms with Crippen LogP contribution in [0.15, 0.2) is 48.7 Å². The van der Waals surface area contributed by atoms with E-state index in [1.54, 1.807) is 12.1 Å². The number of fused-ring (bicyclic) bond motifs is 1. The van der Waals surface area contributed by atoms with Crippen molar-refractivity contribution < 1.29 is 9.13 Å². The first kappa shape index (κ1) is 21.9. The summed E-state index contributed by atoms with van der Waals surface area (Å²) in [7, 11) is 1.98. The first-order valence-electron chi connectivity index (χ1n) is 11.7. The predicted molar refractivity (Wildman–Crippen MR) is 128 cm³/mol. The Bertz CT molecular complexity index is 1090. The molecule has 2 aliphatic rings. The maximum atomic E-state index is 13.2. The van der Waals surface area contributed by atoms with E-state index in [0.29, 0.717) is 6.61 Å². The summed E-state index contributed by atoms with van der Waals surface area (Å²) in [6.07, 6.45) is 2.12. The maximum absolute atomic E-state index is 13.2. The van der Waals surface area contributed by atoms with Gasteiger partial charge in [-0.25, -0.2) is 4.39 Å². The molecule has 0 unspecified atom stereocenters. The topological polar surface area (TPSA) is 36.8 Å². The summed E-state index contributed by atoms with van der Waals surface area (Å²) < 4.78 is 21.2. The number of nitrogens with zero attached hydrogens (tertiary/aromatic N) is 5. The van der Waals surface area contributed by atoms with Crippen molar-refractivity contribution >= 4 is 5.69 Å². The summed E-state index contributed by atoms with van der Waals surface area (Å²) in [6, 6.07) is 13.5. The van der Waals surface area contributed by atoms with Crippen molar-refractivity contribution in [3.05, 3.63) is 76.9 Å². The number of aryl methyl sites for hydroxylation is 2. The Kier molecular flexibility index (Phi) is 6.33. The first-order valence-corrected chi connectivity index (χ1v) is 11.7. The SMILES string of the molecule is Cc1nn(C)cc1CN1CCOc2ccc(CN3CCN(c4ccc(F)cc4)CC3)cc2C1. The van der Waals surface area contributed by atoms with Crippen molar-refractivity contribution in [1.82, 2.24) is 19.6 Å². The van der Waals surface area contributed by atoms with Crippen molar-refractivity contribution in [1.29, 1.82) is 0 Å². The van der Waals surface area contributed by atoms with Gasteiger partial charge in [0.2, 0.25) is 0 Å². The lowest BCUT2D eigenvalue weighted by Crippen LogP contribution is -2.45. The van der Waals surface area contributed by atoms with E-state index in [9.17, 15) is 4.39 Å². The van der Waals surface area contributed by atoms with Crippen LogP contribution in [0.4, 0.5) is 10.1 Å². The Morgan fingerprint density at radius 2 is 1.73 bits per heavy atom. The van der Waals surface area contributed by atoms with E-state index in [-0.39, 0.29) is 5.82 Å². The number of rotatable bonds is 5. The van der Waals surface area contributed by atoms with Gasteiger partial charge in [0, 0.05) is 82.4 Å². The third kappa shape index (κ3) is 5.20. The van der Waals surface area contributed by atoms with E-state index in [2.05, 4.69) is 51.1 Å². The van der Waals surface area contributed by atoms with Gasteiger partial charge in [-0.15, -0.1) is 0 Å². The largest absolute Gasteiger partial charge is 0.492 e. The van der Waals surface area contributed by atoms with Crippen LogP contribution in [0.2, 0.25) is 0 Å². The van der Waals surface area contributed by atoms with Gasteiger partial charge in [-0.2, -0.15) is 5.10 Å². The minimum absolute atomic E-state index is 0.182. The molecule has 0 bridgehead atoms. The van der Waals surface area contributed by atoms with Crippen LogP contribution < -0.4 is 9.64 Å². The average molecular weight is 450 g/mol. The fourth-order valence-electron chi connectivity index (χ4n) is 4.85. The van der Waals surface area contributed by atoms with Gasteiger partial charge < -0.3 is 9.64 Å². The summed E-state index contributed by atoms with van der Waals surface area (Å²) in [6.45, 7) is 10.3. The molecule has 0 radical (unpaired) electrons. The van der Waals surface area contributed by atoms with Crippen LogP contribution in [-0.2, 0) is 26.7 Å². The summed E-state index contributed by atoms with van der Waals surface area (Å²) in [5.74, 6) is 0.823. The van der Waals surface area contributed by atoms with E-state index in [0.717, 1.165) is 69.5 Å². The lowest BCUT2D eigenvalue weighted by molar-refractivity contribution is 0.219. The highest BCUT2D eigenvalue weighted by molar-refractivity contribution is 5.46. The number of anilines is 1. The molecule has 0 atom stereocenters.